The Morgan fingerprint density at radius 3 is 2.42 bits per heavy atom. The summed E-state index contributed by atoms with van der Waals surface area (Å²) in [7, 11) is 0. The van der Waals surface area contributed by atoms with Gasteiger partial charge in [-0.15, -0.1) is 0 Å². The van der Waals surface area contributed by atoms with Gasteiger partial charge in [-0.1, -0.05) is 58.4 Å². The average Bonchev–Trinajstić information content (AvgIpc) is 2.45. The summed E-state index contributed by atoms with van der Waals surface area (Å²) in [5, 5.41) is 0. The number of esters is 1. The van der Waals surface area contributed by atoms with Crippen molar-refractivity contribution in [1.29, 1.82) is 0 Å². The number of benzene rings is 2. The summed E-state index contributed by atoms with van der Waals surface area (Å²) in [4.78, 5) is 11.5. The molecular formula is C16H13BrO2. The number of rotatable bonds is 4. The van der Waals surface area contributed by atoms with E-state index < -0.39 is 0 Å². The second-order valence-corrected chi connectivity index (χ2v) is 4.89. The van der Waals surface area contributed by atoms with E-state index in [-0.39, 0.29) is 5.97 Å². The molecule has 19 heavy (non-hydrogen) atoms. The number of halogens is 1. The molecule has 3 heteroatoms. The van der Waals surface area contributed by atoms with E-state index in [2.05, 4.69) is 15.9 Å². The van der Waals surface area contributed by atoms with Crippen molar-refractivity contribution in [3.8, 4) is 0 Å². The van der Waals surface area contributed by atoms with Crippen molar-refractivity contribution >= 4 is 28.0 Å². The molecule has 0 aliphatic carbocycles. The molecule has 0 radical (unpaired) electrons. The molecule has 0 unspecified atom stereocenters. The summed E-state index contributed by atoms with van der Waals surface area (Å²) in [6.07, 6.45) is 3.17. The molecule has 0 heterocycles. The summed E-state index contributed by atoms with van der Waals surface area (Å²) in [5.74, 6) is -0.341. The summed E-state index contributed by atoms with van der Waals surface area (Å²) in [6, 6.07) is 17.3. The van der Waals surface area contributed by atoms with E-state index in [0.717, 1.165) is 15.6 Å². The largest absolute Gasteiger partial charge is 0.458 e. The van der Waals surface area contributed by atoms with E-state index >= 15 is 0 Å². The van der Waals surface area contributed by atoms with E-state index in [1.165, 1.54) is 6.08 Å². The van der Waals surface area contributed by atoms with Crippen molar-refractivity contribution in [3.63, 3.8) is 0 Å². The lowest BCUT2D eigenvalue weighted by Gasteiger charge is -2.01. The van der Waals surface area contributed by atoms with Gasteiger partial charge in [-0.2, -0.15) is 0 Å². The average molecular weight is 317 g/mol. The Labute approximate surface area is 120 Å². The highest BCUT2D eigenvalue weighted by Gasteiger charge is 1.98. The van der Waals surface area contributed by atoms with Gasteiger partial charge in [0.05, 0.1) is 0 Å². The van der Waals surface area contributed by atoms with Crippen molar-refractivity contribution < 1.29 is 9.53 Å². The molecule has 0 amide bonds. The summed E-state index contributed by atoms with van der Waals surface area (Å²) < 4.78 is 6.15. The van der Waals surface area contributed by atoms with Crippen molar-refractivity contribution in [3.05, 3.63) is 76.3 Å². The maximum Gasteiger partial charge on any atom is 0.331 e. The van der Waals surface area contributed by atoms with Gasteiger partial charge < -0.3 is 4.74 Å². The zero-order valence-corrected chi connectivity index (χ0v) is 11.8. The predicted molar refractivity (Wildman–Crippen MR) is 79.4 cm³/mol. The highest BCUT2D eigenvalue weighted by atomic mass is 79.9. The molecule has 0 aromatic heterocycles. The first-order valence-corrected chi connectivity index (χ1v) is 6.68. The van der Waals surface area contributed by atoms with Crippen LogP contribution >= 0.6 is 15.9 Å². The Balaban J connectivity index is 1.86. The van der Waals surface area contributed by atoms with Gasteiger partial charge in [-0.25, -0.2) is 4.79 Å². The predicted octanol–water partition coefficient (Wildman–Crippen LogP) is 4.21. The molecule has 96 valence electrons. The molecule has 2 aromatic rings. The molecular weight excluding hydrogens is 304 g/mol. The van der Waals surface area contributed by atoms with Crippen LogP contribution < -0.4 is 0 Å². The van der Waals surface area contributed by atoms with Gasteiger partial charge in [0.1, 0.15) is 6.61 Å². The molecule has 0 N–H and O–H groups in total. The third-order valence-electron chi connectivity index (χ3n) is 2.51. The quantitative estimate of drug-likeness (QED) is 0.624. The number of ether oxygens (including phenoxy) is 1. The van der Waals surface area contributed by atoms with Gasteiger partial charge in [-0.05, 0) is 29.3 Å². The lowest BCUT2D eigenvalue weighted by atomic mass is 10.2. The van der Waals surface area contributed by atoms with Gasteiger partial charge in [0.15, 0.2) is 0 Å². The number of hydrogen-bond donors (Lipinski definition) is 0. The van der Waals surface area contributed by atoms with Crippen molar-refractivity contribution in [1.82, 2.24) is 0 Å². The van der Waals surface area contributed by atoms with Crippen LogP contribution in [0.5, 0.6) is 0 Å². The van der Waals surface area contributed by atoms with Crippen LogP contribution in [0.2, 0.25) is 0 Å². The van der Waals surface area contributed by atoms with Crippen molar-refractivity contribution in [2.45, 2.75) is 6.61 Å². The van der Waals surface area contributed by atoms with E-state index in [4.69, 9.17) is 4.74 Å². The van der Waals surface area contributed by atoms with E-state index in [9.17, 15) is 4.79 Å². The minimum atomic E-state index is -0.341. The monoisotopic (exact) mass is 316 g/mol. The molecule has 0 aliphatic heterocycles. The van der Waals surface area contributed by atoms with E-state index in [1.54, 1.807) is 6.08 Å². The van der Waals surface area contributed by atoms with Crippen LogP contribution in [0, 0.1) is 0 Å². The lowest BCUT2D eigenvalue weighted by Crippen LogP contribution is -2.00. The van der Waals surface area contributed by atoms with E-state index in [1.807, 2.05) is 54.6 Å². The lowest BCUT2D eigenvalue weighted by molar-refractivity contribution is -0.138. The minimum absolute atomic E-state index is 0.296. The second kappa shape index (κ2) is 6.90. The minimum Gasteiger partial charge on any atom is -0.458 e. The van der Waals surface area contributed by atoms with Crippen LogP contribution in [0.25, 0.3) is 6.08 Å². The molecule has 0 saturated heterocycles. The van der Waals surface area contributed by atoms with Gasteiger partial charge in [0.2, 0.25) is 0 Å². The molecule has 0 spiro atoms. The summed E-state index contributed by atoms with van der Waals surface area (Å²) in [5.41, 5.74) is 1.94. The first kappa shape index (κ1) is 13.6. The number of hydrogen-bond acceptors (Lipinski definition) is 2. The Hall–Kier alpha value is -1.87. The zero-order chi connectivity index (χ0) is 13.5. The van der Waals surface area contributed by atoms with Gasteiger partial charge >= 0.3 is 5.97 Å². The highest BCUT2D eigenvalue weighted by Crippen LogP contribution is 2.11. The smallest absolute Gasteiger partial charge is 0.331 e. The Bertz CT molecular complexity index is 559. The molecule has 0 saturated carbocycles. The zero-order valence-electron chi connectivity index (χ0n) is 10.3. The number of carbonyl (C=O) groups is 1. The molecule has 0 atom stereocenters. The van der Waals surface area contributed by atoms with Crippen LogP contribution in [-0.4, -0.2) is 5.97 Å². The Morgan fingerprint density at radius 2 is 1.74 bits per heavy atom. The Kier molecular flexibility index (Phi) is 4.93. The van der Waals surface area contributed by atoms with Gasteiger partial charge in [0.25, 0.3) is 0 Å². The Morgan fingerprint density at radius 1 is 1.05 bits per heavy atom. The van der Waals surface area contributed by atoms with Gasteiger partial charge in [-0.3, -0.25) is 0 Å². The SMILES string of the molecule is O=C(/C=C/c1ccc(Br)cc1)OCc1ccccc1. The van der Waals surface area contributed by atoms with Crippen LogP contribution in [0.3, 0.4) is 0 Å². The summed E-state index contributed by atoms with van der Waals surface area (Å²) in [6.45, 7) is 0.296. The molecule has 2 rings (SSSR count). The molecule has 0 fully saturated rings. The first-order chi connectivity index (χ1) is 9.24. The van der Waals surface area contributed by atoms with Crippen LogP contribution in [-0.2, 0) is 16.1 Å². The van der Waals surface area contributed by atoms with Crippen LogP contribution in [0.1, 0.15) is 11.1 Å². The molecule has 0 aliphatic rings. The standard InChI is InChI=1S/C16H13BrO2/c17-15-9-6-13(7-10-15)8-11-16(18)19-12-14-4-2-1-3-5-14/h1-11H,12H2/b11-8+. The normalized spacial score (nSPS) is 10.6. The second-order valence-electron chi connectivity index (χ2n) is 3.98. The molecule has 2 nitrogen and oxygen atoms in total. The van der Waals surface area contributed by atoms with E-state index in [0.29, 0.717) is 6.61 Å². The maximum absolute atomic E-state index is 11.5. The fourth-order valence-corrected chi connectivity index (χ4v) is 1.78. The first-order valence-electron chi connectivity index (χ1n) is 5.88. The van der Waals surface area contributed by atoms with Crippen LogP contribution in [0.15, 0.2) is 65.1 Å². The number of carbonyl (C=O) groups excluding carboxylic acids is 1. The van der Waals surface area contributed by atoms with Crippen LogP contribution in [0.4, 0.5) is 0 Å². The third-order valence-corrected chi connectivity index (χ3v) is 3.03. The summed E-state index contributed by atoms with van der Waals surface area (Å²) >= 11 is 3.36. The molecule has 2 aromatic carbocycles. The highest BCUT2D eigenvalue weighted by molar-refractivity contribution is 9.10. The van der Waals surface area contributed by atoms with Gasteiger partial charge in [0, 0.05) is 10.5 Å². The third kappa shape index (κ3) is 4.72. The fraction of sp³-hybridized carbons (Fsp3) is 0.0625. The molecule has 0 bridgehead atoms. The fourth-order valence-electron chi connectivity index (χ4n) is 1.51. The topological polar surface area (TPSA) is 26.3 Å². The van der Waals surface area contributed by atoms with Crippen molar-refractivity contribution in [2.75, 3.05) is 0 Å². The maximum atomic E-state index is 11.5. The van der Waals surface area contributed by atoms with Crippen molar-refractivity contribution in [2.24, 2.45) is 0 Å².